The summed E-state index contributed by atoms with van der Waals surface area (Å²) in [7, 11) is 0. The molecule has 1 amide bonds. The van der Waals surface area contributed by atoms with Crippen LogP contribution in [0.2, 0.25) is 0 Å². The van der Waals surface area contributed by atoms with Crippen LogP contribution in [-0.2, 0) is 37.9 Å². The van der Waals surface area contributed by atoms with Crippen molar-refractivity contribution in [2.24, 2.45) is 0 Å². The van der Waals surface area contributed by atoms with Crippen LogP contribution >= 0.6 is 0 Å². The van der Waals surface area contributed by atoms with Crippen LogP contribution in [-0.4, -0.2) is 112 Å². The Bertz CT molecular complexity index is 992. The number of fused-ring (bicyclic) bond motifs is 3. The van der Waals surface area contributed by atoms with Gasteiger partial charge in [-0.05, 0) is 35.1 Å². The molecule has 0 fully saturated rings. The molecule has 0 atom stereocenters. The normalized spacial score (nSPS) is 12.3. The van der Waals surface area contributed by atoms with Gasteiger partial charge in [0.15, 0.2) is 0 Å². The first kappa shape index (κ1) is 36.9. The molecule has 0 heterocycles. The zero-order chi connectivity index (χ0) is 31.6. The monoisotopic (exact) mass is 631 g/mol. The number of alkyl carbamates (subject to hydrolysis) is 1. The fraction of sp³-hybridized carbons (Fsp3) is 0.629. The molecule has 0 aliphatic heterocycles. The van der Waals surface area contributed by atoms with Crippen LogP contribution in [0.15, 0.2) is 48.5 Å². The minimum absolute atomic E-state index is 0.0579. The molecule has 1 N–H and O–H groups in total. The van der Waals surface area contributed by atoms with E-state index in [-0.39, 0.29) is 5.92 Å². The molecule has 1 aliphatic rings. The first-order valence-corrected chi connectivity index (χ1v) is 16.4. The van der Waals surface area contributed by atoms with Crippen molar-refractivity contribution in [2.75, 3.05) is 106 Å². The van der Waals surface area contributed by atoms with E-state index in [0.717, 1.165) is 13.0 Å². The van der Waals surface area contributed by atoms with Gasteiger partial charge in [-0.25, -0.2) is 4.79 Å². The maximum Gasteiger partial charge on any atom is 0.407 e. The van der Waals surface area contributed by atoms with Gasteiger partial charge < -0.3 is 43.2 Å². The Morgan fingerprint density at radius 2 is 0.956 bits per heavy atom. The fourth-order valence-corrected chi connectivity index (χ4v) is 4.89. The van der Waals surface area contributed by atoms with E-state index < -0.39 is 6.09 Å². The van der Waals surface area contributed by atoms with Crippen molar-refractivity contribution < 1.29 is 42.7 Å². The molecule has 45 heavy (non-hydrogen) atoms. The zero-order valence-corrected chi connectivity index (χ0v) is 27.0. The quantitative estimate of drug-likeness (QED) is 0.127. The van der Waals surface area contributed by atoms with Crippen molar-refractivity contribution in [3.05, 3.63) is 59.7 Å². The minimum Gasteiger partial charge on any atom is -0.449 e. The Kier molecular flexibility index (Phi) is 20.2. The summed E-state index contributed by atoms with van der Waals surface area (Å²) < 4.78 is 44.1. The average molecular weight is 632 g/mol. The summed E-state index contributed by atoms with van der Waals surface area (Å²) in [6.07, 6.45) is 3.82. The van der Waals surface area contributed by atoms with Gasteiger partial charge in [0.25, 0.3) is 0 Å². The topological polar surface area (TPSA) is 103 Å². The van der Waals surface area contributed by atoms with Gasteiger partial charge in [0, 0.05) is 25.7 Å². The first-order valence-electron chi connectivity index (χ1n) is 16.4. The largest absolute Gasteiger partial charge is 0.449 e. The Balaban J connectivity index is 1.01. The third kappa shape index (κ3) is 15.5. The number of hydrogen-bond acceptors (Lipinski definition) is 9. The molecule has 0 saturated heterocycles. The predicted octanol–water partition coefficient (Wildman–Crippen LogP) is 5.22. The lowest BCUT2D eigenvalue weighted by Gasteiger charge is -2.14. The first-order chi connectivity index (χ1) is 22.3. The molecule has 10 nitrogen and oxygen atoms in total. The lowest BCUT2D eigenvalue weighted by molar-refractivity contribution is -0.0206. The SMILES string of the molecule is CCCCCOCCOCCOCCOCCOCCOCCOCCCNC(=O)OCC1c2ccccc2-c2ccccc21. The van der Waals surface area contributed by atoms with Crippen LogP contribution in [0.3, 0.4) is 0 Å². The van der Waals surface area contributed by atoms with E-state index in [1.807, 2.05) is 24.3 Å². The number of rotatable bonds is 28. The lowest BCUT2D eigenvalue weighted by Crippen LogP contribution is -2.27. The molecule has 2 aromatic rings. The second-order valence-corrected chi connectivity index (χ2v) is 10.6. The Morgan fingerprint density at radius 1 is 0.556 bits per heavy atom. The zero-order valence-electron chi connectivity index (χ0n) is 27.0. The maximum atomic E-state index is 12.2. The van der Waals surface area contributed by atoms with E-state index in [1.165, 1.54) is 35.1 Å². The Morgan fingerprint density at radius 3 is 1.40 bits per heavy atom. The molecule has 0 spiro atoms. The molecule has 0 saturated carbocycles. The van der Waals surface area contributed by atoms with E-state index in [4.69, 9.17) is 37.9 Å². The number of amides is 1. The van der Waals surface area contributed by atoms with E-state index in [0.29, 0.717) is 105 Å². The van der Waals surface area contributed by atoms with Gasteiger partial charge in [-0.1, -0.05) is 68.3 Å². The van der Waals surface area contributed by atoms with Gasteiger partial charge >= 0.3 is 6.09 Å². The van der Waals surface area contributed by atoms with E-state index in [9.17, 15) is 4.79 Å². The number of carbonyl (C=O) groups excluding carboxylic acids is 1. The number of ether oxygens (including phenoxy) is 8. The summed E-state index contributed by atoms with van der Waals surface area (Å²) in [5.74, 6) is 0.0579. The van der Waals surface area contributed by atoms with Gasteiger partial charge in [-0.15, -0.1) is 0 Å². The molecule has 0 bridgehead atoms. The second-order valence-electron chi connectivity index (χ2n) is 10.6. The molecular weight excluding hydrogens is 578 g/mol. The van der Waals surface area contributed by atoms with E-state index >= 15 is 0 Å². The highest BCUT2D eigenvalue weighted by molar-refractivity contribution is 5.79. The summed E-state index contributed by atoms with van der Waals surface area (Å²) in [5.41, 5.74) is 4.83. The Labute approximate surface area is 268 Å². The van der Waals surface area contributed by atoms with Crippen molar-refractivity contribution >= 4 is 6.09 Å². The summed E-state index contributed by atoms with van der Waals surface area (Å²) in [6.45, 7) is 10.8. The third-order valence-corrected chi connectivity index (χ3v) is 7.20. The van der Waals surface area contributed by atoms with Crippen LogP contribution in [0.1, 0.15) is 49.7 Å². The van der Waals surface area contributed by atoms with Crippen molar-refractivity contribution in [2.45, 2.75) is 38.5 Å². The maximum absolute atomic E-state index is 12.2. The molecule has 2 aromatic carbocycles. The number of hydrogen-bond donors (Lipinski definition) is 1. The molecule has 0 radical (unpaired) electrons. The van der Waals surface area contributed by atoms with Gasteiger partial charge in [0.05, 0.1) is 79.3 Å². The summed E-state index contributed by atoms with van der Waals surface area (Å²) in [6, 6.07) is 16.6. The van der Waals surface area contributed by atoms with Crippen LogP contribution in [0, 0.1) is 0 Å². The number of unbranched alkanes of at least 4 members (excludes halogenated alkanes) is 2. The van der Waals surface area contributed by atoms with Crippen LogP contribution < -0.4 is 5.32 Å². The van der Waals surface area contributed by atoms with Crippen molar-refractivity contribution in [1.29, 1.82) is 0 Å². The van der Waals surface area contributed by atoms with Crippen LogP contribution in [0.4, 0.5) is 4.79 Å². The highest BCUT2D eigenvalue weighted by Gasteiger charge is 2.28. The number of benzene rings is 2. The van der Waals surface area contributed by atoms with Crippen molar-refractivity contribution in [1.82, 2.24) is 5.32 Å². The molecule has 1 aliphatic carbocycles. The molecule has 0 aromatic heterocycles. The van der Waals surface area contributed by atoms with Crippen LogP contribution in [0.5, 0.6) is 0 Å². The predicted molar refractivity (Wildman–Crippen MR) is 173 cm³/mol. The average Bonchev–Trinajstić information content (AvgIpc) is 3.39. The molecule has 252 valence electrons. The van der Waals surface area contributed by atoms with E-state index in [1.54, 1.807) is 0 Å². The van der Waals surface area contributed by atoms with Gasteiger partial charge in [0.2, 0.25) is 0 Å². The standard InChI is InChI=1S/C35H53NO9/c1-2-3-8-15-38-17-19-40-21-23-42-25-27-44-28-26-43-24-22-41-20-18-39-16-9-14-36-35(37)45-29-34-32-12-6-4-10-30(32)31-11-5-7-13-33(31)34/h4-7,10-13,34H,2-3,8-9,14-29H2,1H3,(H,36,37). The molecule has 3 rings (SSSR count). The van der Waals surface area contributed by atoms with Crippen molar-refractivity contribution in [3.63, 3.8) is 0 Å². The smallest absolute Gasteiger partial charge is 0.407 e. The molecule has 0 unspecified atom stereocenters. The molecule has 10 heteroatoms. The van der Waals surface area contributed by atoms with Gasteiger partial charge in [-0.3, -0.25) is 0 Å². The number of carbonyl (C=O) groups is 1. The highest BCUT2D eigenvalue weighted by Crippen LogP contribution is 2.44. The fourth-order valence-electron chi connectivity index (χ4n) is 4.89. The molecular formula is C35H53NO9. The Hall–Kier alpha value is -2.57. The minimum atomic E-state index is -0.408. The lowest BCUT2D eigenvalue weighted by atomic mass is 9.98. The second kappa shape index (κ2) is 24.6. The van der Waals surface area contributed by atoms with Crippen LogP contribution in [0.25, 0.3) is 11.1 Å². The summed E-state index contributed by atoms with van der Waals surface area (Å²) in [4.78, 5) is 12.2. The summed E-state index contributed by atoms with van der Waals surface area (Å²) in [5, 5.41) is 2.81. The van der Waals surface area contributed by atoms with Crippen molar-refractivity contribution in [3.8, 4) is 11.1 Å². The summed E-state index contributed by atoms with van der Waals surface area (Å²) >= 11 is 0. The van der Waals surface area contributed by atoms with E-state index in [2.05, 4.69) is 36.5 Å². The highest BCUT2D eigenvalue weighted by atomic mass is 16.6. The van der Waals surface area contributed by atoms with Gasteiger partial charge in [0.1, 0.15) is 6.61 Å². The van der Waals surface area contributed by atoms with Gasteiger partial charge in [-0.2, -0.15) is 0 Å². The number of nitrogens with one attached hydrogen (secondary N) is 1. The third-order valence-electron chi connectivity index (χ3n) is 7.20.